The summed E-state index contributed by atoms with van der Waals surface area (Å²) in [5.74, 6) is 0. The maximum absolute atomic E-state index is 3.60. The molecule has 1 atom stereocenters. The first-order valence-corrected chi connectivity index (χ1v) is 7.19. The summed E-state index contributed by atoms with van der Waals surface area (Å²) < 4.78 is 0. The summed E-state index contributed by atoms with van der Waals surface area (Å²) in [4.78, 5) is 4.98. The molecule has 2 aliphatic heterocycles. The Labute approximate surface area is 106 Å². The van der Waals surface area contributed by atoms with E-state index in [0.717, 1.165) is 19.1 Å². The molecule has 0 aromatic rings. The van der Waals surface area contributed by atoms with Crippen molar-refractivity contribution in [3.8, 4) is 0 Å². The van der Waals surface area contributed by atoms with Gasteiger partial charge in [-0.3, -0.25) is 4.90 Å². The molecule has 0 aliphatic carbocycles. The Kier molecular flexibility index (Phi) is 5.71. The van der Waals surface area contributed by atoms with E-state index in [-0.39, 0.29) is 0 Å². The van der Waals surface area contributed by atoms with E-state index in [4.69, 9.17) is 0 Å². The minimum absolute atomic E-state index is 0.719. The molecular formula is C13H28N4. The summed E-state index contributed by atoms with van der Waals surface area (Å²) in [5.41, 5.74) is 0. The molecule has 2 saturated heterocycles. The number of piperazine rings is 1. The molecule has 0 radical (unpaired) electrons. The van der Waals surface area contributed by atoms with Crippen LogP contribution in [-0.2, 0) is 0 Å². The van der Waals surface area contributed by atoms with Crippen LogP contribution in [-0.4, -0.2) is 75.2 Å². The average Bonchev–Trinajstić information content (AvgIpc) is 2.38. The van der Waals surface area contributed by atoms with Crippen LogP contribution in [0.1, 0.15) is 19.3 Å². The van der Waals surface area contributed by atoms with Crippen LogP contribution in [0.3, 0.4) is 0 Å². The van der Waals surface area contributed by atoms with E-state index < -0.39 is 0 Å². The maximum atomic E-state index is 3.60. The molecule has 0 amide bonds. The third-order valence-electron chi connectivity index (χ3n) is 4.00. The summed E-state index contributed by atoms with van der Waals surface area (Å²) in [7, 11) is 2.21. The number of nitrogens with one attached hydrogen (secondary N) is 2. The highest BCUT2D eigenvalue weighted by Gasteiger charge is 2.14. The Morgan fingerprint density at radius 1 is 1.18 bits per heavy atom. The average molecular weight is 240 g/mol. The molecule has 0 aromatic heterocycles. The molecule has 100 valence electrons. The lowest BCUT2D eigenvalue weighted by Gasteiger charge is -2.32. The molecule has 2 fully saturated rings. The Bertz CT molecular complexity index is 196. The first kappa shape index (κ1) is 13.3. The van der Waals surface area contributed by atoms with Gasteiger partial charge in [-0.1, -0.05) is 6.42 Å². The number of likely N-dealkylation sites (N-methyl/N-ethyl adjacent to an activating group) is 1. The molecule has 0 saturated carbocycles. The van der Waals surface area contributed by atoms with E-state index in [9.17, 15) is 0 Å². The minimum atomic E-state index is 0.719. The number of nitrogens with zero attached hydrogens (tertiary/aromatic N) is 2. The fourth-order valence-electron chi connectivity index (χ4n) is 2.68. The van der Waals surface area contributed by atoms with E-state index in [0.29, 0.717) is 0 Å². The van der Waals surface area contributed by atoms with E-state index >= 15 is 0 Å². The highest BCUT2D eigenvalue weighted by molar-refractivity contribution is 4.75. The molecule has 17 heavy (non-hydrogen) atoms. The standard InChI is InChI=1S/C13H28N4/c1-16-8-10-17(11-9-16)7-6-14-12-13-4-2-3-5-15-13/h13-15H,2-12H2,1H3. The predicted molar refractivity (Wildman–Crippen MR) is 72.4 cm³/mol. The third kappa shape index (κ3) is 4.92. The summed E-state index contributed by atoms with van der Waals surface area (Å²) in [6.45, 7) is 9.63. The van der Waals surface area contributed by atoms with Crippen LogP contribution in [0.25, 0.3) is 0 Å². The zero-order valence-corrected chi connectivity index (χ0v) is 11.2. The van der Waals surface area contributed by atoms with Gasteiger partial charge in [-0.25, -0.2) is 0 Å². The second kappa shape index (κ2) is 7.31. The highest BCUT2D eigenvalue weighted by Crippen LogP contribution is 2.05. The lowest BCUT2D eigenvalue weighted by molar-refractivity contribution is 0.154. The number of hydrogen-bond donors (Lipinski definition) is 2. The fraction of sp³-hybridized carbons (Fsp3) is 1.00. The van der Waals surface area contributed by atoms with Crippen LogP contribution in [0, 0.1) is 0 Å². The molecule has 2 heterocycles. The smallest absolute Gasteiger partial charge is 0.0192 e. The van der Waals surface area contributed by atoms with Crippen molar-refractivity contribution in [1.29, 1.82) is 0 Å². The SMILES string of the molecule is CN1CCN(CCNCC2CCCCN2)CC1. The lowest BCUT2D eigenvalue weighted by Crippen LogP contribution is -2.48. The van der Waals surface area contributed by atoms with Crippen LogP contribution in [0.15, 0.2) is 0 Å². The van der Waals surface area contributed by atoms with Gasteiger partial charge >= 0.3 is 0 Å². The van der Waals surface area contributed by atoms with Gasteiger partial charge in [-0.2, -0.15) is 0 Å². The van der Waals surface area contributed by atoms with E-state index in [1.807, 2.05) is 0 Å². The van der Waals surface area contributed by atoms with Crippen LogP contribution in [0.4, 0.5) is 0 Å². The lowest BCUT2D eigenvalue weighted by atomic mass is 10.1. The second-order valence-electron chi connectivity index (χ2n) is 5.50. The zero-order valence-electron chi connectivity index (χ0n) is 11.2. The van der Waals surface area contributed by atoms with E-state index in [2.05, 4.69) is 27.5 Å². The summed E-state index contributed by atoms with van der Waals surface area (Å²) >= 11 is 0. The van der Waals surface area contributed by atoms with Crippen molar-refractivity contribution in [3.05, 3.63) is 0 Å². The Morgan fingerprint density at radius 2 is 2.00 bits per heavy atom. The molecular weight excluding hydrogens is 212 g/mol. The van der Waals surface area contributed by atoms with Gasteiger partial charge in [0.15, 0.2) is 0 Å². The van der Waals surface area contributed by atoms with Crippen molar-refractivity contribution < 1.29 is 0 Å². The zero-order chi connectivity index (χ0) is 11.9. The van der Waals surface area contributed by atoms with Gasteiger partial charge in [0.1, 0.15) is 0 Å². The molecule has 2 aliphatic rings. The Morgan fingerprint density at radius 3 is 2.71 bits per heavy atom. The minimum Gasteiger partial charge on any atom is -0.314 e. The van der Waals surface area contributed by atoms with Crippen molar-refractivity contribution in [2.45, 2.75) is 25.3 Å². The molecule has 1 unspecified atom stereocenters. The van der Waals surface area contributed by atoms with Crippen molar-refractivity contribution >= 4 is 0 Å². The van der Waals surface area contributed by atoms with Crippen molar-refractivity contribution in [1.82, 2.24) is 20.4 Å². The largest absolute Gasteiger partial charge is 0.314 e. The Balaban J connectivity index is 1.48. The van der Waals surface area contributed by atoms with Crippen LogP contribution < -0.4 is 10.6 Å². The Hall–Kier alpha value is -0.160. The molecule has 2 N–H and O–H groups in total. The third-order valence-corrected chi connectivity index (χ3v) is 4.00. The molecule has 4 nitrogen and oxygen atoms in total. The molecule has 4 heteroatoms. The van der Waals surface area contributed by atoms with Crippen molar-refractivity contribution in [3.63, 3.8) is 0 Å². The van der Waals surface area contributed by atoms with E-state index in [1.165, 1.54) is 58.5 Å². The number of hydrogen-bond acceptors (Lipinski definition) is 4. The van der Waals surface area contributed by atoms with Gasteiger partial charge in [-0.15, -0.1) is 0 Å². The number of rotatable bonds is 5. The first-order chi connectivity index (χ1) is 8.34. The first-order valence-electron chi connectivity index (χ1n) is 7.19. The monoisotopic (exact) mass is 240 g/mol. The molecule has 2 rings (SSSR count). The van der Waals surface area contributed by atoms with Gasteiger partial charge in [0, 0.05) is 51.9 Å². The normalized spacial score (nSPS) is 28.4. The second-order valence-corrected chi connectivity index (χ2v) is 5.50. The van der Waals surface area contributed by atoms with Gasteiger partial charge in [0.05, 0.1) is 0 Å². The molecule has 0 bridgehead atoms. The number of piperidine rings is 1. The molecule has 0 aromatic carbocycles. The summed E-state index contributed by atoms with van der Waals surface area (Å²) in [6.07, 6.45) is 4.11. The van der Waals surface area contributed by atoms with Gasteiger partial charge in [0.25, 0.3) is 0 Å². The molecule has 0 spiro atoms. The van der Waals surface area contributed by atoms with Crippen molar-refractivity contribution in [2.75, 3.05) is 59.4 Å². The predicted octanol–water partition coefficient (Wildman–Crippen LogP) is -0.0345. The van der Waals surface area contributed by atoms with Gasteiger partial charge < -0.3 is 15.5 Å². The van der Waals surface area contributed by atoms with Crippen molar-refractivity contribution in [2.24, 2.45) is 0 Å². The fourth-order valence-corrected chi connectivity index (χ4v) is 2.68. The van der Waals surface area contributed by atoms with Gasteiger partial charge in [0.2, 0.25) is 0 Å². The maximum Gasteiger partial charge on any atom is 0.0192 e. The summed E-state index contributed by atoms with van der Waals surface area (Å²) in [5, 5.41) is 7.18. The topological polar surface area (TPSA) is 30.5 Å². The van der Waals surface area contributed by atoms with Crippen LogP contribution in [0.5, 0.6) is 0 Å². The van der Waals surface area contributed by atoms with E-state index in [1.54, 1.807) is 0 Å². The quantitative estimate of drug-likeness (QED) is 0.661. The summed E-state index contributed by atoms with van der Waals surface area (Å²) in [6, 6.07) is 0.719. The van der Waals surface area contributed by atoms with Gasteiger partial charge in [-0.05, 0) is 26.4 Å². The highest BCUT2D eigenvalue weighted by atomic mass is 15.2. The van der Waals surface area contributed by atoms with Crippen LogP contribution >= 0.6 is 0 Å². The van der Waals surface area contributed by atoms with Crippen LogP contribution in [0.2, 0.25) is 0 Å².